The number of rotatable bonds is 13. The van der Waals surface area contributed by atoms with Gasteiger partial charge >= 0.3 is 5.97 Å². The molecule has 0 heterocycles. The van der Waals surface area contributed by atoms with E-state index in [-0.39, 0.29) is 25.2 Å². The summed E-state index contributed by atoms with van der Waals surface area (Å²) in [6, 6.07) is -3.91. The summed E-state index contributed by atoms with van der Waals surface area (Å²) in [5.41, 5.74) is 10.3. The molecular weight excluding hydrogens is 386 g/mol. The summed E-state index contributed by atoms with van der Waals surface area (Å²) in [5.74, 6) is -4.41. The van der Waals surface area contributed by atoms with Crippen molar-refractivity contribution in [3.8, 4) is 0 Å². The molecule has 0 spiro atoms. The number of primary amides is 1. The third kappa shape index (κ3) is 10.4. The van der Waals surface area contributed by atoms with Crippen LogP contribution in [0.1, 0.15) is 40.0 Å². The van der Waals surface area contributed by atoms with E-state index in [1.165, 1.54) is 6.92 Å². The van der Waals surface area contributed by atoms with Crippen LogP contribution < -0.4 is 27.4 Å². The Hall–Kier alpha value is -2.73. The summed E-state index contributed by atoms with van der Waals surface area (Å²) < 4.78 is 0. The Morgan fingerprint density at radius 3 is 1.93 bits per heavy atom. The molecule has 4 amide bonds. The first-order valence-corrected chi connectivity index (χ1v) is 9.18. The number of amides is 4. The highest BCUT2D eigenvalue weighted by Gasteiger charge is 2.32. The predicted molar refractivity (Wildman–Crippen MR) is 102 cm³/mol. The molecule has 0 aliphatic rings. The van der Waals surface area contributed by atoms with E-state index in [4.69, 9.17) is 11.5 Å². The number of carbonyl (C=O) groups excluding carboxylic acids is 4. The average Bonchev–Trinajstić information content (AvgIpc) is 2.60. The zero-order chi connectivity index (χ0) is 22.7. The topological polar surface area (TPSA) is 214 Å². The number of aliphatic hydroxyl groups is 1. The van der Waals surface area contributed by atoms with Crippen LogP contribution in [0, 0.1) is 5.92 Å². The molecule has 12 nitrogen and oxygen atoms in total. The van der Waals surface area contributed by atoms with E-state index >= 15 is 0 Å². The number of aliphatic hydroxyl groups excluding tert-OH is 1. The van der Waals surface area contributed by atoms with Gasteiger partial charge in [-0.15, -0.1) is 0 Å². The molecule has 0 aliphatic heterocycles. The van der Waals surface area contributed by atoms with Gasteiger partial charge < -0.3 is 37.6 Å². The summed E-state index contributed by atoms with van der Waals surface area (Å²) in [6.45, 7) is 4.38. The van der Waals surface area contributed by atoms with Crippen LogP contribution in [0.2, 0.25) is 0 Å². The zero-order valence-electron chi connectivity index (χ0n) is 16.8. The smallest absolute Gasteiger partial charge is 0.326 e. The monoisotopic (exact) mass is 417 g/mol. The highest BCUT2D eigenvalue weighted by atomic mass is 16.4. The van der Waals surface area contributed by atoms with Gasteiger partial charge in [-0.25, -0.2) is 4.79 Å². The fourth-order valence-corrected chi connectivity index (χ4v) is 2.42. The molecular formula is C17H31N5O7. The van der Waals surface area contributed by atoms with Crippen molar-refractivity contribution in [2.45, 2.75) is 64.3 Å². The minimum atomic E-state index is -1.48. The number of carbonyl (C=O) groups is 5. The fraction of sp³-hybridized carbons (Fsp3) is 0.706. The second-order valence-electron chi connectivity index (χ2n) is 7.09. The van der Waals surface area contributed by atoms with E-state index in [1.807, 2.05) is 0 Å². The molecule has 0 saturated carbocycles. The summed E-state index contributed by atoms with van der Waals surface area (Å²) >= 11 is 0. The van der Waals surface area contributed by atoms with Crippen LogP contribution in [0.3, 0.4) is 0 Å². The van der Waals surface area contributed by atoms with Crippen molar-refractivity contribution in [2.75, 3.05) is 6.54 Å². The number of carboxylic acid groups (broad SMARTS) is 1. The summed E-state index contributed by atoms with van der Waals surface area (Å²) in [4.78, 5) is 58.8. The van der Waals surface area contributed by atoms with Crippen molar-refractivity contribution < 1.29 is 34.2 Å². The van der Waals surface area contributed by atoms with Crippen molar-refractivity contribution in [1.82, 2.24) is 16.0 Å². The van der Waals surface area contributed by atoms with Gasteiger partial charge in [0.1, 0.15) is 18.1 Å². The van der Waals surface area contributed by atoms with E-state index < -0.39 is 60.4 Å². The average molecular weight is 417 g/mol. The Labute approximate surface area is 168 Å². The van der Waals surface area contributed by atoms with E-state index in [2.05, 4.69) is 16.0 Å². The first-order valence-electron chi connectivity index (χ1n) is 9.18. The first-order chi connectivity index (χ1) is 13.4. The van der Waals surface area contributed by atoms with Gasteiger partial charge in [0.2, 0.25) is 23.6 Å². The van der Waals surface area contributed by atoms with Crippen molar-refractivity contribution in [3.63, 3.8) is 0 Å². The van der Waals surface area contributed by atoms with Gasteiger partial charge in [-0.05, 0) is 25.7 Å². The molecule has 0 bridgehead atoms. The van der Waals surface area contributed by atoms with Crippen LogP contribution in [-0.2, 0) is 24.0 Å². The first kappa shape index (κ1) is 26.3. The lowest BCUT2D eigenvalue weighted by Gasteiger charge is -2.26. The molecule has 0 rings (SSSR count). The molecule has 9 N–H and O–H groups in total. The zero-order valence-corrected chi connectivity index (χ0v) is 16.8. The van der Waals surface area contributed by atoms with Gasteiger partial charge in [0, 0.05) is 6.42 Å². The quantitative estimate of drug-likeness (QED) is 0.165. The van der Waals surface area contributed by atoms with Crippen LogP contribution in [-0.4, -0.2) is 70.6 Å². The summed E-state index contributed by atoms with van der Waals surface area (Å²) in [7, 11) is 0. The van der Waals surface area contributed by atoms with Crippen molar-refractivity contribution in [2.24, 2.45) is 17.4 Å². The number of carboxylic acids is 1. The third-order valence-electron chi connectivity index (χ3n) is 3.90. The lowest BCUT2D eigenvalue weighted by Crippen LogP contribution is -2.59. The van der Waals surface area contributed by atoms with E-state index in [1.54, 1.807) is 13.8 Å². The van der Waals surface area contributed by atoms with Crippen LogP contribution in [0.4, 0.5) is 0 Å². The Morgan fingerprint density at radius 2 is 1.52 bits per heavy atom. The SMILES string of the molecule is CC(C)CC(NC(=O)C(NC(=O)C(CCC(N)=O)NC(=O)CN)C(C)O)C(=O)O. The van der Waals surface area contributed by atoms with Gasteiger partial charge in [0.15, 0.2) is 0 Å². The Bertz CT molecular complexity index is 609. The molecule has 4 unspecified atom stereocenters. The van der Waals surface area contributed by atoms with Crippen LogP contribution in [0.5, 0.6) is 0 Å². The number of nitrogens with two attached hydrogens (primary N) is 2. The molecule has 0 saturated heterocycles. The van der Waals surface area contributed by atoms with Gasteiger partial charge in [-0.3, -0.25) is 19.2 Å². The van der Waals surface area contributed by atoms with Gasteiger partial charge in [0.05, 0.1) is 12.6 Å². The van der Waals surface area contributed by atoms with E-state index in [0.29, 0.717) is 0 Å². The normalized spacial score (nSPS) is 15.0. The molecule has 0 aromatic rings. The molecule has 0 aliphatic carbocycles. The Morgan fingerprint density at radius 1 is 0.931 bits per heavy atom. The number of nitrogens with one attached hydrogen (secondary N) is 3. The second-order valence-corrected chi connectivity index (χ2v) is 7.09. The predicted octanol–water partition coefficient (Wildman–Crippen LogP) is -2.82. The fourth-order valence-electron chi connectivity index (χ4n) is 2.42. The maximum Gasteiger partial charge on any atom is 0.326 e. The number of hydrogen-bond acceptors (Lipinski definition) is 7. The number of hydrogen-bond donors (Lipinski definition) is 7. The molecule has 166 valence electrons. The van der Waals surface area contributed by atoms with E-state index in [9.17, 15) is 34.2 Å². The lowest BCUT2D eigenvalue weighted by atomic mass is 10.0. The van der Waals surface area contributed by atoms with Crippen molar-refractivity contribution >= 4 is 29.6 Å². The molecule has 29 heavy (non-hydrogen) atoms. The summed E-state index contributed by atoms with van der Waals surface area (Å²) in [6.07, 6.45) is -1.58. The van der Waals surface area contributed by atoms with Gasteiger partial charge in [0.25, 0.3) is 0 Å². The maximum absolute atomic E-state index is 12.5. The standard InChI is InChI=1S/C17H31N5O7/c1-8(2)6-11(17(28)29)21-16(27)14(9(3)23)22-15(26)10(4-5-12(19)24)20-13(25)7-18/h8-11,14,23H,4-7,18H2,1-3H3,(H2,19,24)(H,20,25)(H,21,27)(H,22,26)(H,28,29). The van der Waals surface area contributed by atoms with Crippen LogP contribution >= 0.6 is 0 Å². The van der Waals surface area contributed by atoms with Crippen LogP contribution in [0.25, 0.3) is 0 Å². The lowest BCUT2D eigenvalue weighted by molar-refractivity contribution is -0.143. The van der Waals surface area contributed by atoms with E-state index in [0.717, 1.165) is 0 Å². The molecule has 4 atom stereocenters. The Balaban J connectivity index is 5.30. The maximum atomic E-state index is 12.5. The molecule has 0 aromatic heterocycles. The second kappa shape index (κ2) is 12.7. The van der Waals surface area contributed by atoms with Crippen LogP contribution in [0.15, 0.2) is 0 Å². The molecule has 12 heteroatoms. The van der Waals surface area contributed by atoms with Gasteiger partial charge in [-0.1, -0.05) is 13.8 Å². The minimum Gasteiger partial charge on any atom is -0.480 e. The minimum absolute atomic E-state index is 0.0272. The summed E-state index contributed by atoms with van der Waals surface area (Å²) in [5, 5.41) is 26.0. The highest BCUT2D eigenvalue weighted by molar-refractivity contribution is 5.94. The number of aliphatic carboxylic acids is 1. The third-order valence-corrected chi connectivity index (χ3v) is 3.90. The largest absolute Gasteiger partial charge is 0.480 e. The highest BCUT2D eigenvalue weighted by Crippen LogP contribution is 2.07. The molecule has 0 radical (unpaired) electrons. The molecule has 0 aromatic carbocycles. The molecule has 0 fully saturated rings. The van der Waals surface area contributed by atoms with Gasteiger partial charge in [-0.2, -0.15) is 0 Å². The van der Waals surface area contributed by atoms with Crippen molar-refractivity contribution in [3.05, 3.63) is 0 Å². The van der Waals surface area contributed by atoms with Crippen molar-refractivity contribution in [1.29, 1.82) is 0 Å². The Kier molecular flexibility index (Phi) is 11.5.